The van der Waals surface area contributed by atoms with Gasteiger partial charge < -0.3 is 14.3 Å². The van der Waals surface area contributed by atoms with Crippen molar-refractivity contribution in [1.29, 1.82) is 0 Å². The predicted octanol–water partition coefficient (Wildman–Crippen LogP) is 6.70. The Bertz CT molecular complexity index is 1440. The number of carbonyl (C=O) groups excluding carboxylic acids is 2. The summed E-state index contributed by atoms with van der Waals surface area (Å²) in [7, 11) is 1.47. The van der Waals surface area contributed by atoms with Crippen LogP contribution in [0.1, 0.15) is 21.5 Å². The number of ether oxygens (including phenoxy) is 1. The summed E-state index contributed by atoms with van der Waals surface area (Å²) in [5, 5.41) is 13.7. The van der Waals surface area contributed by atoms with E-state index in [4.69, 9.17) is 20.8 Å². The number of rotatable bonds is 5. The average Bonchev–Trinajstić information content (AvgIpc) is 3.52. The van der Waals surface area contributed by atoms with Crippen LogP contribution in [-0.4, -0.2) is 23.9 Å². The van der Waals surface area contributed by atoms with Gasteiger partial charge in [-0.25, -0.2) is 0 Å². The van der Waals surface area contributed by atoms with E-state index in [0.29, 0.717) is 27.4 Å². The molecule has 1 aliphatic heterocycles. The predicted molar refractivity (Wildman–Crippen MR) is 130 cm³/mol. The number of Topliss-reactive ketones (excluding diaryl/α,β-unsaturated/α-hetero) is 1. The number of aliphatic hydroxyl groups excluding tert-OH is 1. The third kappa shape index (κ3) is 3.64. The Labute approximate surface area is 205 Å². The topological polar surface area (TPSA) is 80.0 Å². The number of furan rings is 1. The molecule has 3 heterocycles. The van der Waals surface area contributed by atoms with E-state index in [1.54, 1.807) is 30.3 Å². The number of carbonyl (C=O) groups is 2. The molecule has 4 aromatic rings. The van der Waals surface area contributed by atoms with Crippen molar-refractivity contribution in [3.63, 3.8) is 0 Å². The van der Waals surface area contributed by atoms with Crippen molar-refractivity contribution in [3.8, 4) is 5.75 Å². The number of anilines is 1. The Morgan fingerprint density at radius 2 is 2.03 bits per heavy atom. The first-order valence-electron chi connectivity index (χ1n) is 9.76. The molecule has 2 aromatic heterocycles. The second-order valence-corrected chi connectivity index (χ2v) is 9.63. The Balaban J connectivity index is 1.65. The molecule has 166 valence electrons. The lowest BCUT2D eigenvalue weighted by Crippen LogP contribution is -2.30. The van der Waals surface area contributed by atoms with Crippen LogP contribution in [0, 0.1) is 0 Å². The lowest BCUT2D eigenvalue weighted by atomic mass is 10.00. The van der Waals surface area contributed by atoms with E-state index in [1.807, 2.05) is 23.6 Å². The van der Waals surface area contributed by atoms with Gasteiger partial charge in [0, 0.05) is 31.5 Å². The van der Waals surface area contributed by atoms with Crippen LogP contribution >= 0.6 is 38.9 Å². The number of hydrogen-bond donors (Lipinski definition) is 1. The molecule has 6 nitrogen and oxygen atoms in total. The highest BCUT2D eigenvalue weighted by atomic mass is 79.9. The Kier molecular flexibility index (Phi) is 5.52. The molecule has 0 radical (unpaired) electrons. The highest BCUT2D eigenvalue weighted by molar-refractivity contribution is 9.10. The Morgan fingerprint density at radius 1 is 1.21 bits per heavy atom. The molecule has 9 heteroatoms. The number of benzene rings is 2. The van der Waals surface area contributed by atoms with E-state index in [9.17, 15) is 14.7 Å². The lowest BCUT2D eigenvalue weighted by Gasteiger charge is -2.25. The summed E-state index contributed by atoms with van der Waals surface area (Å²) in [6.45, 7) is 0. The molecule has 5 rings (SSSR count). The monoisotopic (exact) mass is 543 g/mol. The lowest BCUT2D eigenvalue weighted by molar-refractivity contribution is -0.117. The molecular weight excluding hydrogens is 530 g/mol. The molecule has 0 aliphatic carbocycles. The summed E-state index contributed by atoms with van der Waals surface area (Å²) >= 11 is 10.9. The molecule has 0 saturated heterocycles. The van der Waals surface area contributed by atoms with Gasteiger partial charge in [0.15, 0.2) is 22.9 Å². The van der Waals surface area contributed by atoms with Crippen LogP contribution in [0.4, 0.5) is 5.69 Å². The summed E-state index contributed by atoms with van der Waals surface area (Å²) < 4.78 is 11.9. The van der Waals surface area contributed by atoms with Crippen LogP contribution in [-0.2, 0) is 4.79 Å². The van der Waals surface area contributed by atoms with Gasteiger partial charge in [-0.2, -0.15) is 0 Å². The molecule has 0 spiro atoms. The second kappa shape index (κ2) is 8.37. The summed E-state index contributed by atoms with van der Waals surface area (Å²) in [4.78, 5) is 29.0. The van der Waals surface area contributed by atoms with Crippen LogP contribution in [0.25, 0.3) is 11.0 Å². The van der Waals surface area contributed by atoms with Gasteiger partial charge in [-0.1, -0.05) is 39.7 Å². The smallest absolute Gasteiger partial charge is 0.294 e. The third-order valence-electron chi connectivity index (χ3n) is 5.34. The zero-order valence-electron chi connectivity index (χ0n) is 17.0. The summed E-state index contributed by atoms with van der Waals surface area (Å²) in [6.07, 6.45) is 0. The molecule has 1 aliphatic rings. The Hall–Kier alpha value is -3.07. The normalized spacial score (nSPS) is 16.2. The molecule has 1 unspecified atom stereocenters. The van der Waals surface area contributed by atoms with Gasteiger partial charge in [0.25, 0.3) is 5.91 Å². The summed E-state index contributed by atoms with van der Waals surface area (Å²) in [5.74, 6) is -1.51. The number of halogens is 2. The van der Waals surface area contributed by atoms with E-state index >= 15 is 0 Å². The van der Waals surface area contributed by atoms with Gasteiger partial charge in [-0.15, -0.1) is 11.3 Å². The van der Waals surface area contributed by atoms with Crippen molar-refractivity contribution in [3.05, 3.63) is 91.4 Å². The standard InChI is InChI=1S/C24H15BrClNO5S/c1-31-17-11-14(26)8-12-9-16(32-23(12)17)21(28)19-20(18-6-3-7-33-18)27(24(30)22(19)29)15-5-2-4-13(25)10-15/h2-11,20,29H,1H3. The van der Waals surface area contributed by atoms with Gasteiger partial charge in [0.1, 0.15) is 6.04 Å². The van der Waals surface area contributed by atoms with Gasteiger partial charge >= 0.3 is 0 Å². The first-order valence-corrected chi connectivity index (χ1v) is 11.8. The van der Waals surface area contributed by atoms with E-state index in [-0.39, 0.29) is 11.3 Å². The molecule has 1 atom stereocenters. The van der Waals surface area contributed by atoms with Crippen molar-refractivity contribution < 1.29 is 23.8 Å². The molecule has 2 aromatic carbocycles. The summed E-state index contributed by atoms with van der Waals surface area (Å²) in [5.41, 5.74) is 0.845. The molecular formula is C24H15BrClNO5S. The fourth-order valence-electron chi connectivity index (χ4n) is 3.93. The molecule has 0 saturated carbocycles. The number of nitrogens with zero attached hydrogens (tertiary/aromatic N) is 1. The fraction of sp³-hybridized carbons (Fsp3) is 0.0833. The van der Waals surface area contributed by atoms with Crippen molar-refractivity contribution in [2.75, 3.05) is 12.0 Å². The van der Waals surface area contributed by atoms with Gasteiger partial charge in [-0.3, -0.25) is 14.5 Å². The average molecular weight is 545 g/mol. The van der Waals surface area contributed by atoms with E-state index in [2.05, 4.69) is 15.9 Å². The van der Waals surface area contributed by atoms with Gasteiger partial charge in [0.2, 0.25) is 5.78 Å². The number of aliphatic hydroxyl groups is 1. The Morgan fingerprint density at radius 3 is 2.73 bits per heavy atom. The fourth-order valence-corrected chi connectivity index (χ4v) is 5.36. The second-order valence-electron chi connectivity index (χ2n) is 7.30. The zero-order chi connectivity index (χ0) is 23.3. The van der Waals surface area contributed by atoms with Crippen LogP contribution in [0.5, 0.6) is 5.75 Å². The minimum Gasteiger partial charge on any atom is -0.503 e. The van der Waals surface area contributed by atoms with Gasteiger partial charge in [-0.05, 0) is 41.8 Å². The van der Waals surface area contributed by atoms with Crippen molar-refractivity contribution in [1.82, 2.24) is 0 Å². The first-order chi connectivity index (χ1) is 15.9. The maximum atomic E-state index is 13.6. The van der Waals surface area contributed by atoms with Crippen LogP contribution in [0.2, 0.25) is 5.02 Å². The number of amides is 1. The van der Waals surface area contributed by atoms with E-state index in [1.165, 1.54) is 29.4 Å². The molecule has 1 amide bonds. The van der Waals surface area contributed by atoms with Crippen molar-refractivity contribution in [2.45, 2.75) is 6.04 Å². The van der Waals surface area contributed by atoms with E-state index in [0.717, 1.165) is 9.35 Å². The van der Waals surface area contributed by atoms with Crippen molar-refractivity contribution >= 4 is 67.2 Å². The number of hydrogen-bond acceptors (Lipinski definition) is 6. The SMILES string of the molecule is COc1cc(Cl)cc2cc(C(=O)C3=C(O)C(=O)N(c4cccc(Br)c4)C3c3cccs3)oc12. The molecule has 0 fully saturated rings. The molecule has 0 bridgehead atoms. The molecule has 33 heavy (non-hydrogen) atoms. The maximum absolute atomic E-state index is 13.6. The maximum Gasteiger partial charge on any atom is 0.294 e. The van der Waals surface area contributed by atoms with Crippen LogP contribution < -0.4 is 9.64 Å². The van der Waals surface area contributed by atoms with Crippen molar-refractivity contribution in [2.24, 2.45) is 0 Å². The number of ketones is 1. The highest BCUT2D eigenvalue weighted by Crippen LogP contribution is 2.44. The van der Waals surface area contributed by atoms with E-state index < -0.39 is 23.5 Å². The third-order valence-corrected chi connectivity index (χ3v) is 6.98. The minimum absolute atomic E-state index is 0.0300. The van der Waals surface area contributed by atoms with Crippen LogP contribution in [0.15, 0.2) is 80.2 Å². The van der Waals surface area contributed by atoms with Gasteiger partial charge in [0.05, 0.1) is 12.7 Å². The highest BCUT2D eigenvalue weighted by Gasteiger charge is 2.46. The minimum atomic E-state index is -0.807. The number of thiophene rings is 1. The quantitative estimate of drug-likeness (QED) is 0.283. The zero-order valence-corrected chi connectivity index (χ0v) is 20.2. The number of methoxy groups -OCH3 is 1. The van der Waals surface area contributed by atoms with Crippen LogP contribution in [0.3, 0.4) is 0 Å². The number of fused-ring (bicyclic) bond motifs is 1. The first kappa shape index (κ1) is 21.8. The summed E-state index contributed by atoms with van der Waals surface area (Å²) in [6, 6.07) is 14.7. The molecule has 1 N–H and O–H groups in total. The largest absolute Gasteiger partial charge is 0.503 e.